The molecule has 0 fully saturated rings. The molecule has 0 bridgehead atoms. The van der Waals surface area contributed by atoms with Gasteiger partial charge in [0, 0.05) is 17.8 Å². The highest BCUT2D eigenvalue weighted by atomic mass is 32.1. The largest absolute Gasteiger partial charge is 0.468 e. The molecule has 1 amide bonds. The number of esters is 1. The normalized spacial score (nSPS) is 10.3. The number of aryl methyl sites for hydroxylation is 2. The summed E-state index contributed by atoms with van der Waals surface area (Å²) in [5.41, 5.74) is 2.15. The maximum absolute atomic E-state index is 12.5. The second-order valence-corrected chi connectivity index (χ2v) is 6.36. The van der Waals surface area contributed by atoms with Gasteiger partial charge in [0.15, 0.2) is 0 Å². The van der Waals surface area contributed by atoms with E-state index in [1.165, 1.54) is 12.0 Å². The van der Waals surface area contributed by atoms with E-state index >= 15 is 0 Å². The van der Waals surface area contributed by atoms with Crippen LogP contribution in [0.5, 0.6) is 0 Å². The molecule has 23 heavy (non-hydrogen) atoms. The molecule has 0 aliphatic rings. The standard InChI is InChI=1S/C18H21NO3S/c1-14-6-3-4-7-15(14)12-19(13-18(21)22-2)17(20)10-9-16-8-5-11-23-16/h3-8,11H,9-10,12-13H2,1-2H3. The second-order valence-electron chi connectivity index (χ2n) is 5.33. The number of carbonyl (C=O) groups excluding carboxylic acids is 2. The van der Waals surface area contributed by atoms with Gasteiger partial charge in [-0.15, -0.1) is 11.3 Å². The molecule has 5 heteroatoms. The monoisotopic (exact) mass is 331 g/mol. The number of rotatable bonds is 7. The zero-order chi connectivity index (χ0) is 16.7. The fourth-order valence-corrected chi connectivity index (χ4v) is 3.00. The van der Waals surface area contributed by atoms with Gasteiger partial charge in [0.1, 0.15) is 6.54 Å². The van der Waals surface area contributed by atoms with E-state index in [1.54, 1.807) is 16.2 Å². The summed E-state index contributed by atoms with van der Waals surface area (Å²) in [6, 6.07) is 11.9. The van der Waals surface area contributed by atoms with Crippen molar-refractivity contribution in [3.8, 4) is 0 Å². The first-order valence-electron chi connectivity index (χ1n) is 7.51. The second kappa shape index (κ2) is 8.48. The summed E-state index contributed by atoms with van der Waals surface area (Å²) in [5.74, 6) is -0.435. The van der Waals surface area contributed by atoms with E-state index in [-0.39, 0.29) is 12.5 Å². The van der Waals surface area contributed by atoms with Gasteiger partial charge >= 0.3 is 5.97 Å². The van der Waals surface area contributed by atoms with Crippen LogP contribution in [-0.4, -0.2) is 30.4 Å². The topological polar surface area (TPSA) is 46.6 Å². The fraction of sp³-hybridized carbons (Fsp3) is 0.333. The molecule has 0 N–H and O–H groups in total. The van der Waals surface area contributed by atoms with Crippen molar-refractivity contribution in [1.29, 1.82) is 0 Å². The van der Waals surface area contributed by atoms with Crippen LogP contribution < -0.4 is 0 Å². The quantitative estimate of drug-likeness (QED) is 0.732. The number of methoxy groups -OCH3 is 1. The molecule has 0 saturated carbocycles. The maximum atomic E-state index is 12.5. The fourth-order valence-electron chi connectivity index (χ4n) is 2.29. The van der Waals surface area contributed by atoms with Crippen molar-refractivity contribution in [1.82, 2.24) is 4.90 Å². The lowest BCUT2D eigenvalue weighted by atomic mass is 10.1. The molecule has 122 valence electrons. The maximum Gasteiger partial charge on any atom is 0.325 e. The van der Waals surface area contributed by atoms with Crippen molar-refractivity contribution in [2.75, 3.05) is 13.7 Å². The summed E-state index contributed by atoms with van der Waals surface area (Å²) < 4.78 is 4.72. The molecule has 0 unspecified atom stereocenters. The van der Waals surface area contributed by atoms with Gasteiger partial charge in [-0.25, -0.2) is 0 Å². The number of hydrogen-bond acceptors (Lipinski definition) is 4. The molecule has 0 radical (unpaired) electrons. The molecule has 4 nitrogen and oxygen atoms in total. The Bertz CT molecular complexity index is 652. The van der Waals surface area contributed by atoms with Gasteiger partial charge in [0.25, 0.3) is 0 Å². The van der Waals surface area contributed by atoms with E-state index in [4.69, 9.17) is 4.74 Å². The van der Waals surface area contributed by atoms with Gasteiger partial charge in [0.05, 0.1) is 7.11 Å². The first-order chi connectivity index (χ1) is 11.1. The molecule has 0 atom stereocenters. The lowest BCUT2D eigenvalue weighted by molar-refractivity contribution is -0.147. The van der Waals surface area contributed by atoms with Crippen LogP contribution in [0.4, 0.5) is 0 Å². The highest BCUT2D eigenvalue weighted by molar-refractivity contribution is 7.09. The Balaban J connectivity index is 2.05. The minimum Gasteiger partial charge on any atom is -0.468 e. The van der Waals surface area contributed by atoms with E-state index in [1.807, 2.05) is 48.7 Å². The zero-order valence-electron chi connectivity index (χ0n) is 13.5. The molecular weight excluding hydrogens is 310 g/mol. The van der Waals surface area contributed by atoms with Gasteiger partial charge in [0.2, 0.25) is 5.91 Å². The molecule has 0 saturated heterocycles. The average Bonchev–Trinajstić information content (AvgIpc) is 3.07. The number of ether oxygens (including phenoxy) is 1. The van der Waals surface area contributed by atoms with Crippen molar-refractivity contribution in [3.63, 3.8) is 0 Å². The number of carbonyl (C=O) groups is 2. The summed E-state index contributed by atoms with van der Waals surface area (Å²) in [5, 5.41) is 2.00. The van der Waals surface area contributed by atoms with Gasteiger partial charge in [-0.1, -0.05) is 30.3 Å². The predicted molar refractivity (Wildman–Crippen MR) is 91.3 cm³/mol. The van der Waals surface area contributed by atoms with Crippen molar-refractivity contribution in [2.45, 2.75) is 26.3 Å². The molecule has 1 aromatic carbocycles. The molecule has 1 aromatic heterocycles. The minimum absolute atomic E-state index is 0.0197. The van der Waals surface area contributed by atoms with E-state index in [0.29, 0.717) is 19.4 Å². The Morgan fingerprint density at radius 3 is 2.61 bits per heavy atom. The van der Waals surface area contributed by atoms with Crippen molar-refractivity contribution < 1.29 is 14.3 Å². The lowest BCUT2D eigenvalue weighted by Gasteiger charge is -2.22. The van der Waals surface area contributed by atoms with Crippen LogP contribution in [0.1, 0.15) is 22.4 Å². The minimum atomic E-state index is -0.400. The summed E-state index contributed by atoms with van der Waals surface area (Å²) >= 11 is 1.64. The van der Waals surface area contributed by atoms with Crippen LogP contribution in [0.25, 0.3) is 0 Å². The molecule has 0 aliphatic heterocycles. The number of thiophene rings is 1. The number of hydrogen-bond donors (Lipinski definition) is 0. The van der Waals surface area contributed by atoms with Gasteiger partial charge in [-0.05, 0) is 35.9 Å². The Hall–Kier alpha value is -2.14. The molecule has 2 rings (SSSR count). The van der Waals surface area contributed by atoms with Crippen LogP contribution >= 0.6 is 11.3 Å². The Kier molecular flexibility index (Phi) is 6.35. The lowest BCUT2D eigenvalue weighted by Crippen LogP contribution is -2.36. The Labute approximate surface area is 140 Å². The van der Waals surface area contributed by atoms with Crippen molar-refractivity contribution in [2.24, 2.45) is 0 Å². The van der Waals surface area contributed by atoms with Crippen LogP contribution in [0, 0.1) is 6.92 Å². The molecule has 1 heterocycles. The van der Waals surface area contributed by atoms with Gasteiger partial charge in [-0.2, -0.15) is 0 Å². The van der Waals surface area contributed by atoms with Crippen LogP contribution in [0.15, 0.2) is 41.8 Å². The summed E-state index contributed by atoms with van der Waals surface area (Å²) in [6.07, 6.45) is 1.09. The third-order valence-corrected chi connectivity index (χ3v) is 4.62. The number of nitrogens with zero attached hydrogens (tertiary/aromatic N) is 1. The smallest absolute Gasteiger partial charge is 0.325 e. The summed E-state index contributed by atoms with van der Waals surface area (Å²) in [7, 11) is 1.34. The summed E-state index contributed by atoms with van der Waals surface area (Å²) in [6.45, 7) is 2.40. The SMILES string of the molecule is COC(=O)CN(Cc1ccccc1C)C(=O)CCc1cccs1. The summed E-state index contributed by atoms with van der Waals surface area (Å²) in [4.78, 5) is 26.9. The van der Waals surface area contributed by atoms with E-state index in [9.17, 15) is 9.59 Å². The van der Waals surface area contributed by atoms with Gasteiger partial charge in [-0.3, -0.25) is 9.59 Å². The first kappa shape index (κ1) is 17.2. The van der Waals surface area contributed by atoms with Crippen molar-refractivity contribution in [3.05, 3.63) is 57.8 Å². The Morgan fingerprint density at radius 2 is 1.96 bits per heavy atom. The number of amides is 1. The highest BCUT2D eigenvalue weighted by Gasteiger charge is 2.18. The average molecular weight is 331 g/mol. The Morgan fingerprint density at radius 1 is 1.17 bits per heavy atom. The highest BCUT2D eigenvalue weighted by Crippen LogP contribution is 2.15. The van der Waals surface area contributed by atoms with Crippen LogP contribution in [0.2, 0.25) is 0 Å². The molecule has 0 aliphatic carbocycles. The third kappa shape index (κ3) is 5.21. The van der Waals surface area contributed by atoms with E-state index in [0.717, 1.165) is 11.1 Å². The molecule has 0 spiro atoms. The number of benzene rings is 1. The first-order valence-corrected chi connectivity index (χ1v) is 8.39. The molecular formula is C18H21NO3S. The van der Waals surface area contributed by atoms with E-state index in [2.05, 4.69) is 0 Å². The van der Waals surface area contributed by atoms with E-state index < -0.39 is 5.97 Å². The zero-order valence-corrected chi connectivity index (χ0v) is 14.3. The van der Waals surface area contributed by atoms with Crippen LogP contribution in [0.3, 0.4) is 0 Å². The van der Waals surface area contributed by atoms with Gasteiger partial charge < -0.3 is 9.64 Å². The predicted octanol–water partition coefficient (Wildman–Crippen LogP) is 3.19. The van der Waals surface area contributed by atoms with Crippen molar-refractivity contribution >= 4 is 23.2 Å². The van der Waals surface area contributed by atoms with Crippen LogP contribution in [-0.2, 0) is 27.3 Å². The third-order valence-electron chi connectivity index (χ3n) is 3.69. The molecule has 2 aromatic rings.